The molecule has 0 bridgehead atoms. The lowest BCUT2D eigenvalue weighted by atomic mass is 10.1. The summed E-state index contributed by atoms with van der Waals surface area (Å²) in [7, 11) is -3.99. The van der Waals surface area contributed by atoms with E-state index in [9.17, 15) is 22.8 Å². The normalized spacial score (nSPS) is 15.1. The molecule has 33 heavy (non-hydrogen) atoms. The molecule has 0 saturated heterocycles. The summed E-state index contributed by atoms with van der Waals surface area (Å²) in [6.45, 7) is 4.10. The summed E-state index contributed by atoms with van der Waals surface area (Å²) in [5.74, 6) is -1.26. The van der Waals surface area contributed by atoms with E-state index >= 15 is 0 Å². The molecule has 9 heteroatoms. The van der Waals surface area contributed by atoms with Gasteiger partial charge < -0.3 is 10.2 Å². The van der Waals surface area contributed by atoms with Gasteiger partial charge in [0.2, 0.25) is 11.8 Å². The number of carbonyl (C=O) groups is 3. The predicted molar refractivity (Wildman–Crippen MR) is 124 cm³/mol. The van der Waals surface area contributed by atoms with Gasteiger partial charge in [-0.05, 0) is 37.5 Å². The molecule has 0 spiro atoms. The molecule has 2 aromatic carbocycles. The minimum absolute atomic E-state index is 0.0443. The standard InChI is InChI=1S/C24H29N3O5S/c1-3-20(23(29)25-4-2)26(16-14-18-10-6-5-7-11-18)22(28)15-17-27-24(30)19-12-8-9-13-21(19)33(27,31)32/h5-13,20H,3-4,14-17H2,1-2H3,(H,25,29). The van der Waals surface area contributed by atoms with Crippen LogP contribution in [-0.2, 0) is 26.0 Å². The average molecular weight is 472 g/mol. The summed E-state index contributed by atoms with van der Waals surface area (Å²) in [5, 5.41) is 2.77. The number of amides is 3. The third-order valence-corrected chi connectivity index (χ3v) is 7.50. The molecule has 1 N–H and O–H groups in total. The highest BCUT2D eigenvalue weighted by Gasteiger charge is 2.41. The molecule has 1 atom stereocenters. The van der Waals surface area contributed by atoms with Crippen molar-refractivity contribution >= 4 is 27.7 Å². The second-order valence-corrected chi connectivity index (χ2v) is 9.60. The van der Waals surface area contributed by atoms with Crippen molar-refractivity contribution in [1.29, 1.82) is 0 Å². The lowest BCUT2D eigenvalue weighted by Crippen LogP contribution is -2.50. The Kier molecular flexibility index (Phi) is 7.86. The van der Waals surface area contributed by atoms with Crippen molar-refractivity contribution in [1.82, 2.24) is 14.5 Å². The van der Waals surface area contributed by atoms with Gasteiger partial charge in [0.05, 0.1) is 5.56 Å². The fourth-order valence-electron chi connectivity index (χ4n) is 3.98. The fraction of sp³-hybridized carbons (Fsp3) is 0.375. The quantitative estimate of drug-likeness (QED) is 0.572. The zero-order chi connectivity index (χ0) is 24.0. The molecule has 1 unspecified atom stereocenters. The number of likely N-dealkylation sites (N-methyl/N-ethyl adjacent to an activating group) is 1. The molecule has 176 valence electrons. The van der Waals surface area contributed by atoms with E-state index in [1.54, 1.807) is 12.1 Å². The van der Waals surface area contributed by atoms with E-state index in [1.165, 1.54) is 17.0 Å². The molecule has 3 rings (SSSR count). The number of hydrogen-bond acceptors (Lipinski definition) is 5. The highest BCUT2D eigenvalue weighted by molar-refractivity contribution is 7.90. The van der Waals surface area contributed by atoms with E-state index in [4.69, 9.17) is 0 Å². The first-order valence-corrected chi connectivity index (χ1v) is 12.5. The molecule has 0 saturated carbocycles. The van der Waals surface area contributed by atoms with E-state index in [1.807, 2.05) is 44.2 Å². The first kappa shape index (κ1) is 24.4. The number of rotatable bonds is 10. The minimum Gasteiger partial charge on any atom is -0.355 e. The van der Waals surface area contributed by atoms with Crippen molar-refractivity contribution in [2.75, 3.05) is 19.6 Å². The molecule has 0 fully saturated rings. The van der Waals surface area contributed by atoms with Crippen LogP contribution in [0.1, 0.15) is 42.6 Å². The summed E-state index contributed by atoms with van der Waals surface area (Å²) in [5.41, 5.74) is 1.13. The number of fused-ring (bicyclic) bond motifs is 1. The van der Waals surface area contributed by atoms with Crippen molar-refractivity contribution in [3.8, 4) is 0 Å². The summed E-state index contributed by atoms with van der Waals surface area (Å²) in [6.07, 6.45) is 0.761. The Labute approximate surface area is 194 Å². The molecule has 8 nitrogen and oxygen atoms in total. The van der Waals surface area contributed by atoms with Crippen LogP contribution in [-0.4, -0.2) is 61.0 Å². The number of carbonyl (C=O) groups excluding carboxylic acids is 3. The zero-order valence-electron chi connectivity index (χ0n) is 18.9. The van der Waals surface area contributed by atoms with Crippen LogP contribution in [0.25, 0.3) is 0 Å². The van der Waals surface area contributed by atoms with Crippen LogP contribution >= 0.6 is 0 Å². The fourth-order valence-corrected chi connectivity index (χ4v) is 5.55. The number of hydrogen-bond donors (Lipinski definition) is 1. The van der Waals surface area contributed by atoms with Crippen molar-refractivity contribution < 1.29 is 22.8 Å². The smallest absolute Gasteiger partial charge is 0.269 e. The van der Waals surface area contributed by atoms with Crippen molar-refractivity contribution in [3.63, 3.8) is 0 Å². The van der Waals surface area contributed by atoms with Gasteiger partial charge in [-0.15, -0.1) is 0 Å². The minimum atomic E-state index is -3.99. The number of benzene rings is 2. The van der Waals surface area contributed by atoms with Crippen LogP contribution in [0.5, 0.6) is 0 Å². The monoisotopic (exact) mass is 471 g/mol. The highest BCUT2D eigenvalue weighted by Crippen LogP contribution is 2.30. The van der Waals surface area contributed by atoms with Crippen molar-refractivity contribution in [3.05, 3.63) is 65.7 Å². The third-order valence-electron chi connectivity index (χ3n) is 5.66. The Hall–Kier alpha value is -3.20. The second kappa shape index (κ2) is 10.6. The van der Waals surface area contributed by atoms with Crippen LogP contribution in [0.2, 0.25) is 0 Å². The Morgan fingerprint density at radius 2 is 1.70 bits per heavy atom. The first-order chi connectivity index (χ1) is 15.8. The third kappa shape index (κ3) is 5.24. The van der Waals surface area contributed by atoms with Crippen LogP contribution in [0.4, 0.5) is 0 Å². The molecule has 1 heterocycles. The largest absolute Gasteiger partial charge is 0.355 e. The first-order valence-electron chi connectivity index (χ1n) is 11.1. The van der Waals surface area contributed by atoms with E-state index in [-0.39, 0.29) is 35.2 Å². The number of nitrogens with zero attached hydrogens (tertiary/aromatic N) is 2. The second-order valence-electron chi connectivity index (χ2n) is 7.77. The van der Waals surface area contributed by atoms with E-state index < -0.39 is 22.0 Å². The van der Waals surface area contributed by atoms with Gasteiger partial charge in [-0.1, -0.05) is 49.4 Å². The van der Waals surface area contributed by atoms with Gasteiger partial charge in [-0.2, -0.15) is 0 Å². The molecule has 0 aromatic heterocycles. The van der Waals surface area contributed by atoms with Gasteiger partial charge >= 0.3 is 0 Å². The Morgan fingerprint density at radius 1 is 1.03 bits per heavy atom. The lowest BCUT2D eigenvalue weighted by molar-refractivity contribution is -0.140. The van der Waals surface area contributed by atoms with Gasteiger partial charge in [-0.25, -0.2) is 12.7 Å². The van der Waals surface area contributed by atoms with Crippen LogP contribution < -0.4 is 5.32 Å². The summed E-state index contributed by atoms with van der Waals surface area (Å²) >= 11 is 0. The number of sulfonamides is 1. The maximum absolute atomic E-state index is 13.2. The average Bonchev–Trinajstić information content (AvgIpc) is 3.01. The summed E-state index contributed by atoms with van der Waals surface area (Å²) in [4.78, 5) is 40.0. The maximum atomic E-state index is 13.2. The Bertz CT molecular complexity index is 1120. The van der Waals surface area contributed by atoms with Crippen LogP contribution in [0.15, 0.2) is 59.5 Å². The zero-order valence-corrected chi connectivity index (χ0v) is 19.7. The maximum Gasteiger partial charge on any atom is 0.269 e. The molecule has 0 radical (unpaired) electrons. The molecule has 1 aliphatic rings. The SMILES string of the molecule is CCNC(=O)C(CC)N(CCc1ccccc1)C(=O)CCN1C(=O)c2ccccc2S1(=O)=O. The molecule has 2 aromatic rings. The van der Waals surface area contributed by atoms with Crippen LogP contribution in [0.3, 0.4) is 0 Å². The Morgan fingerprint density at radius 3 is 2.33 bits per heavy atom. The molecule has 1 aliphatic heterocycles. The van der Waals surface area contributed by atoms with E-state index in [0.717, 1.165) is 9.87 Å². The van der Waals surface area contributed by atoms with E-state index in [2.05, 4.69) is 5.32 Å². The predicted octanol–water partition coefficient (Wildman–Crippen LogP) is 2.21. The lowest BCUT2D eigenvalue weighted by Gasteiger charge is -2.31. The molecular weight excluding hydrogens is 442 g/mol. The van der Waals surface area contributed by atoms with Gasteiger partial charge in [-0.3, -0.25) is 14.4 Å². The summed E-state index contributed by atoms with van der Waals surface area (Å²) in [6, 6.07) is 14.9. The molecule has 3 amide bonds. The van der Waals surface area contributed by atoms with Gasteiger partial charge in [0.15, 0.2) is 0 Å². The number of nitrogens with one attached hydrogen (secondary N) is 1. The van der Waals surface area contributed by atoms with E-state index in [0.29, 0.717) is 25.9 Å². The van der Waals surface area contributed by atoms with Crippen molar-refractivity contribution in [2.45, 2.75) is 44.0 Å². The topological polar surface area (TPSA) is 104 Å². The molecule has 0 aliphatic carbocycles. The van der Waals surface area contributed by atoms with Crippen molar-refractivity contribution in [2.24, 2.45) is 0 Å². The van der Waals surface area contributed by atoms with Gasteiger partial charge in [0.1, 0.15) is 10.9 Å². The van der Waals surface area contributed by atoms with Crippen LogP contribution in [0, 0.1) is 0 Å². The summed E-state index contributed by atoms with van der Waals surface area (Å²) < 4.78 is 26.3. The molecular formula is C24H29N3O5S. The van der Waals surface area contributed by atoms with Gasteiger partial charge in [0.25, 0.3) is 15.9 Å². The van der Waals surface area contributed by atoms with Gasteiger partial charge in [0, 0.05) is 26.1 Å². The Balaban J connectivity index is 1.76. The highest BCUT2D eigenvalue weighted by atomic mass is 32.2.